The number of alkyl carbamates (subject to hydrolysis) is 2. The first kappa shape index (κ1) is 60.2. The molecule has 0 unspecified atom stereocenters. The first-order chi connectivity index (χ1) is 31.1. The van der Waals surface area contributed by atoms with E-state index in [0.29, 0.717) is 12.1 Å². The van der Waals surface area contributed by atoms with Crippen molar-refractivity contribution < 1.29 is 66.8 Å². The fourth-order valence-corrected chi connectivity index (χ4v) is 11.6. The van der Waals surface area contributed by atoms with Gasteiger partial charge in [0.2, 0.25) is 11.8 Å². The van der Waals surface area contributed by atoms with Gasteiger partial charge in [-0.1, -0.05) is 99.9 Å². The summed E-state index contributed by atoms with van der Waals surface area (Å²) in [6, 6.07) is 16.3. The number of hydrogen-bond donors (Lipinski definition) is 4. The maximum Gasteiger partial charge on any atom is 0.408 e. The van der Waals surface area contributed by atoms with Crippen LogP contribution in [0.1, 0.15) is 79.4 Å². The molecule has 2 aromatic rings. The van der Waals surface area contributed by atoms with Crippen LogP contribution in [-0.4, -0.2) is 113 Å². The highest BCUT2D eigenvalue weighted by molar-refractivity contribution is 6.77. The van der Waals surface area contributed by atoms with Crippen LogP contribution in [0, 0.1) is 0 Å². The predicted octanol–water partition coefficient (Wildman–Crippen LogP) is 6.80. The highest BCUT2D eigenvalue weighted by atomic mass is 28.3. The summed E-state index contributed by atoms with van der Waals surface area (Å²) in [5.74, 6) is -4.02. The predicted molar refractivity (Wildman–Crippen MR) is 261 cm³/mol. The van der Waals surface area contributed by atoms with Gasteiger partial charge in [-0.05, 0) is 78.6 Å². The summed E-state index contributed by atoms with van der Waals surface area (Å²) >= 11 is 0. The summed E-state index contributed by atoms with van der Waals surface area (Å²) in [5.41, 5.74) is -2.69. The molecule has 0 aliphatic carbocycles. The molecule has 0 fully saturated rings. The second kappa shape index (κ2) is 26.1. The molecule has 68 heavy (non-hydrogen) atoms. The molecule has 4 amide bonds. The zero-order valence-electron chi connectivity index (χ0n) is 42.9. The van der Waals surface area contributed by atoms with Gasteiger partial charge in [-0.3, -0.25) is 19.2 Å². The Hall–Kier alpha value is -5.77. The lowest BCUT2D eigenvalue weighted by Gasteiger charge is -2.34. The summed E-state index contributed by atoms with van der Waals surface area (Å²) in [6.07, 6.45) is -2.62. The van der Waals surface area contributed by atoms with E-state index in [-0.39, 0.29) is 13.2 Å². The lowest BCUT2D eigenvalue weighted by atomic mass is 10.0. The Morgan fingerprint density at radius 3 is 1.04 bits per heavy atom. The number of esters is 4. The fraction of sp³-hybridized carbons (Fsp3) is 0.583. The van der Waals surface area contributed by atoms with Crippen LogP contribution < -0.4 is 21.3 Å². The molecule has 4 N–H and O–H groups in total. The van der Waals surface area contributed by atoms with E-state index in [1.807, 2.05) is 36.4 Å². The zero-order valence-corrected chi connectivity index (χ0v) is 44.9. The molecule has 0 spiro atoms. The van der Waals surface area contributed by atoms with Crippen LogP contribution in [0.3, 0.4) is 0 Å². The van der Waals surface area contributed by atoms with Crippen LogP contribution in [-0.2, 0) is 70.4 Å². The SMILES string of the molecule is COC(=O)[C@@](C)(C[Si](C)(C)C)NC(=O)[C@H](CC(=O)OCc1ccccc1)NC(=O)OC(C)(C)C.COC(=O)[C@@](C)(C[Si](C)(C)C)NC(=O)[C@H](CC(=O)OCc1ccccc1)NC(=O)OC(C)(C)C. The molecule has 4 atom stereocenters. The Labute approximate surface area is 404 Å². The van der Waals surface area contributed by atoms with E-state index in [1.165, 1.54) is 14.2 Å². The normalized spacial score (nSPS) is 14.2. The number of benzene rings is 2. The third kappa shape index (κ3) is 24.8. The number of carbonyl (C=O) groups is 8. The van der Waals surface area contributed by atoms with Crippen molar-refractivity contribution in [3.05, 3.63) is 71.8 Å². The van der Waals surface area contributed by atoms with Crippen molar-refractivity contribution in [2.75, 3.05) is 14.2 Å². The Morgan fingerprint density at radius 2 is 0.794 bits per heavy atom. The smallest absolute Gasteiger partial charge is 0.408 e. The fourth-order valence-electron chi connectivity index (χ4n) is 6.87. The van der Waals surface area contributed by atoms with Gasteiger partial charge in [-0.15, -0.1) is 0 Å². The molecule has 0 aliphatic rings. The Balaban J connectivity index is 0.000000680. The third-order valence-corrected chi connectivity index (χ3v) is 12.6. The van der Waals surface area contributed by atoms with E-state index in [9.17, 15) is 38.4 Å². The molecule has 2 aromatic carbocycles. The largest absolute Gasteiger partial charge is 0.467 e. The molecular formula is C48H76N4O14Si2. The molecule has 0 bridgehead atoms. The number of methoxy groups -OCH3 is 2. The van der Waals surface area contributed by atoms with Crippen molar-refractivity contribution >= 4 is 64.0 Å². The van der Waals surface area contributed by atoms with Gasteiger partial charge in [0.1, 0.15) is 47.6 Å². The average molecular weight is 989 g/mol. The van der Waals surface area contributed by atoms with Crippen molar-refractivity contribution in [1.29, 1.82) is 0 Å². The maximum atomic E-state index is 13.2. The Bertz CT molecular complexity index is 1870. The van der Waals surface area contributed by atoms with Crippen molar-refractivity contribution in [3.63, 3.8) is 0 Å². The average Bonchev–Trinajstić information content (AvgIpc) is 3.19. The molecule has 0 saturated heterocycles. The van der Waals surface area contributed by atoms with E-state index in [1.54, 1.807) is 79.7 Å². The molecule has 18 nitrogen and oxygen atoms in total. The lowest BCUT2D eigenvalue weighted by Crippen LogP contribution is -2.60. The first-order valence-electron chi connectivity index (χ1n) is 22.3. The minimum Gasteiger partial charge on any atom is -0.467 e. The van der Waals surface area contributed by atoms with Gasteiger partial charge >= 0.3 is 36.1 Å². The third-order valence-electron chi connectivity index (χ3n) is 9.08. The molecule has 0 saturated carbocycles. The van der Waals surface area contributed by atoms with Crippen LogP contribution in [0.25, 0.3) is 0 Å². The van der Waals surface area contributed by atoms with Crippen LogP contribution in [0.15, 0.2) is 60.7 Å². The van der Waals surface area contributed by atoms with Gasteiger partial charge in [0.05, 0.1) is 27.1 Å². The molecule has 2 rings (SSSR count). The number of hydrogen-bond acceptors (Lipinski definition) is 14. The van der Waals surface area contributed by atoms with Gasteiger partial charge in [0, 0.05) is 16.1 Å². The van der Waals surface area contributed by atoms with Crippen LogP contribution in [0.2, 0.25) is 51.4 Å². The second-order valence-electron chi connectivity index (χ2n) is 21.2. The minimum atomic E-state index is -1.84. The van der Waals surface area contributed by atoms with Gasteiger partial charge in [-0.25, -0.2) is 19.2 Å². The van der Waals surface area contributed by atoms with Gasteiger partial charge in [-0.2, -0.15) is 0 Å². The Kier molecular flexibility index (Phi) is 23.1. The highest BCUT2D eigenvalue weighted by Crippen LogP contribution is 2.24. The van der Waals surface area contributed by atoms with Crippen LogP contribution >= 0.6 is 0 Å². The standard InChI is InChI=1S/2C24H38N2O7Si/c2*1-23(2,3)33-22(30)25-18(14-19(27)32-15-17-12-10-9-11-13-17)20(28)26-24(4,21(29)31-5)16-34(6,7)8/h2*9-13,18H,14-16H2,1-8H3,(H,25,30)(H,26,28)/t2*18-,24+/m00/s1. The van der Waals surface area contributed by atoms with E-state index in [2.05, 4.69) is 60.5 Å². The molecule has 20 heteroatoms. The van der Waals surface area contributed by atoms with E-state index in [0.717, 1.165) is 11.1 Å². The molecule has 0 aliphatic heterocycles. The number of amides is 4. The molecular weight excluding hydrogens is 913 g/mol. The van der Waals surface area contributed by atoms with Gasteiger partial charge in [0.25, 0.3) is 0 Å². The zero-order chi connectivity index (χ0) is 52.3. The number of rotatable bonds is 20. The summed E-state index contributed by atoms with van der Waals surface area (Å²) in [6.45, 7) is 25.6. The molecule has 380 valence electrons. The van der Waals surface area contributed by atoms with E-state index >= 15 is 0 Å². The Morgan fingerprint density at radius 1 is 0.500 bits per heavy atom. The topological polar surface area (TPSA) is 240 Å². The molecule has 0 radical (unpaired) electrons. The van der Waals surface area contributed by atoms with Crippen molar-refractivity contribution in [2.24, 2.45) is 0 Å². The quantitative estimate of drug-likeness (QED) is 0.0607. The monoisotopic (exact) mass is 988 g/mol. The van der Waals surface area contributed by atoms with Crippen LogP contribution in [0.4, 0.5) is 9.59 Å². The highest BCUT2D eigenvalue weighted by Gasteiger charge is 2.44. The molecule has 0 aromatic heterocycles. The summed E-state index contributed by atoms with van der Waals surface area (Å²) in [4.78, 5) is 101. The lowest BCUT2D eigenvalue weighted by molar-refractivity contribution is -0.151. The number of ether oxygens (including phenoxy) is 6. The summed E-state index contributed by atoms with van der Waals surface area (Å²) < 4.78 is 30.9. The van der Waals surface area contributed by atoms with E-state index in [4.69, 9.17) is 28.4 Å². The number of nitrogens with one attached hydrogen (secondary N) is 4. The van der Waals surface area contributed by atoms with Crippen molar-refractivity contribution in [1.82, 2.24) is 21.3 Å². The first-order valence-corrected chi connectivity index (χ1v) is 29.7. The van der Waals surface area contributed by atoms with Gasteiger partial charge < -0.3 is 49.7 Å². The van der Waals surface area contributed by atoms with Crippen molar-refractivity contribution in [2.45, 2.75) is 167 Å². The summed E-state index contributed by atoms with van der Waals surface area (Å²) in [5, 5.41) is 10.2. The van der Waals surface area contributed by atoms with E-state index < -0.39 is 111 Å². The minimum absolute atomic E-state index is 0.0238. The summed E-state index contributed by atoms with van der Waals surface area (Å²) in [7, 11) is -1.19. The van der Waals surface area contributed by atoms with Crippen LogP contribution in [0.5, 0.6) is 0 Å². The second-order valence-corrected chi connectivity index (χ2v) is 32.1. The van der Waals surface area contributed by atoms with Crippen molar-refractivity contribution in [3.8, 4) is 0 Å². The molecule has 0 heterocycles. The van der Waals surface area contributed by atoms with Gasteiger partial charge in [0.15, 0.2) is 0 Å². The number of carbonyl (C=O) groups excluding carboxylic acids is 8. The maximum absolute atomic E-state index is 13.2.